The summed E-state index contributed by atoms with van der Waals surface area (Å²) in [5.74, 6) is 0. The normalized spacial score (nSPS) is 10.6. The highest BCUT2D eigenvalue weighted by Crippen LogP contribution is 2.23. The largest absolute Gasteiger partial charge is 0.298 e. The standard InChI is InChI=1S/C18H15ClN2O/c1-13-6-8-14(9-7-13)18-16(12-22)11-21(20-18)10-15-4-2-3-5-17(15)19/h2-9,11-12H,10H2,1H3. The van der Waals surface area contributed by atoms with E-state index in [1.54, 1.807) is 10.9 Å². The van der Waals surface area contributed by atoms with E-state index < -0.39 is 0 Å². The minimum atomic E-state index is 0.534. The molecule has 0 aliphatic carbocycles. The van der Waals surface area contributed by atoms with E-state index in [-0.39, 0.29) is 0 Å². The van der Waals surface area contributed by atoms with E-state index >= 15 is 0 Å². The number of hydrogen-bond donors (Lipinski definition) is 0. The number of benzene rings is 2. The fourth-order valence-corrected chi connectivity index (χ4v) is 2.54. The second-order valence-electron chi connectivity index (χ2n) is 5.21. The molecule has 110 valence electrons. The van der Waals surface area contributed by atoms with Crippen LogP contribution in [0.2, 0.25) is 5.02 Å². The van der Waals surface area contributed by atoms with Crippen LogP contribution >= 0.6 is 11.6 Å². The van der Waals surface area contributed by atoms with E-state index in [1.807, 2.05) is 55.5 Å². The van der Waals surface area contributed by atoms with Crippen molar-refractivity contribution in [1.82, 2.24) is 9.78 Å². The molecule has 0 aliphatic heterocycles. The van der Waals surface area contributed by atoms with Crippen molar-refractivity contribution in [1.29, 1.82) is 0 Å². The van der Waals surface area contributed by atoms with Gasteiger partial charge in [0.15, 0.2) is 6.29 Å². The summed E-state index contributed by atoms with van der Waals surface area (Å²) in [6.45, 7) is 2.56. The van der Waals surface area contributed by atoms with Crippen molar-refractivity contribution < 1.29 is 4.79 Å². The lowest BCUT2D eigenvalue weighted by Gasteiger charge is -2.04. The zero-order valence-electron chi connectivity index (χ0n) is 12.2. The van der Waals surface area contributed by atoms with Crippen molar-refractivity contribution in [2.45, 2.75) is 13.5 Å². The highest BCUT2D eigenvalue weighted by Gasteiger charge is 2.11. The molecule has 0 amide bonds. The van der Waals surface area contributed by atoms with Crippen LogP contribution in [-0.2, 0) is 6.54 Å². The van der Waals surface area contributed by atoms with E-state index in [0.29, 0.717) is 22.8 Å². The Morgan fingerprint density at radius 1 is 1.14 bits per heavy atom. The zero-order chi connectivity index (χ0) is 15.5. The van der Waals surface area contributed by atoms with Crippen molar-refractivity contribution in [3.05, 3.63) is 76.4 Å². The van der Waals surface area contributed by atoms with Crippen LogP contribution in [0, 0.1) is 6.92 Å². The first-order valence-corrected chi connectivity index (χ1v) is 7.38. The SMILES string of the molecule is Cc1ccc(-c2nn(Cc3ccccc3Cl)cc2C=O)cc1. The summed E-state index contributed by atoms with van der Waals surface area (Å²) in [7, 11) is 0. The molecule has 0 atom stereocenters. The average molecular weight is 311 g/mol. The molecule has 0 radical (unpaired) electrons. The third kappa shape index (κ3) is 2.95. The number of rotatable bonds is 4. The predicted molar refractivity (Wildman–Crippen MR) is 88.3 cm³/mol. The van der Waals surface area contributed by atoms with E-state index in [1.165, 1.54) is 5.56 Å². The van der Waals surface area contributed by atoms with E-state index in [0.717, 1.165) is 17.4 Å². The number of hydrogen-bond acceptors (Lipinski definition) is 2. The van der Waals surface area contributed by atoms with Gasteiger partial charge in [0.05, 0.1) is 12.1 Å². The van der Waals surface area contributed by atoms with Gasteiger partial charge in [-0.15, -0.1) is 0 Å². The molecule has 0 unspecified atom stereocenters. The van der Waals surface area contributed by atoms with E-state index in [9.17, 15) is 4.79 Å². The van der Waals surface area contributed by atoms with Crippen molar-refractivity contribution in [3.8, 4) is 11.3 Å². The van der Waals surface area contributed by atoms with Crippen molar-refractivity contribution >= 4 is 17.9 Å². The summed E-state index contributed by atoms with van der Waals surface area (Å²) in [5, 5.41) is 5.24. The monoisotopic (exact) mass is 310 g/mol. The van der Waals surface area contributed by atoms with Gasteiger partial charge in [-0.25, -0.2) is 0 Å². The van der Waals surface area contributed by atoms with Gasteiger partial charge in [-0.1, -0.05) is 59.6 Å². The Morgan fingerprint density at radius 2 is 1.86 bits per heavy atom. The van der Waals surface area contributed by atoms with Gasteiger partial charge in [-0.2, -0.15) is 5.10 Å². The molecule has 3 nitrogen and oxygen atoms in total. The molecule has 1 aromatic heterocycles. The van der Waals surface area contributed by atoms with Crippen LogP contribution in [-0.4, -0.2) is 16.1 Å². The number of aromatic nitrogens is 2. The summed E-state index contributed by atoms with van der Waals surface area (Å²) < 4.78 is 1.75. The number of aldehydes is 1. The fraction of sp³-hybridized carbons (Fsp3) is 0.111. The first kappa shape index (κ1) is 14.5. The van der Waals surface area contributed by atoms with Crippen LogP contribution in [0.4, 0.5) is 0 Å². The Kier molecular flexibility index (Phi) is 4.07. The van der Waals surface area contributed by atoms with Crippen LogP contribution < -0.4 is 0 Å². The van der Waals surface area contributed by atoms with Gasteiger partial charge in [0, 0.05) is 16.8 Å². The zero-order valence-corrected chi connectivity index (χ0v) is 12.9. The summed E-state index contributed by atoms with van der Waals surface area (Å²) >= 11 is 6.18. The second kappa shape index (κ2) is 6.16. The summed E-state index contributed by atoms with van der Waals surface area (Å²) in [6, 6.07) is 15.6. The molecule has 0 fully saturated rings. The lowest BCUT2D eigenvalue weighted by molar-refractivity contribution is 0.112. The van der Waals surface area contributed by atoms with Crippen LogP contribution in [0.5, 0.6) is 0 Å². The molecule has 4 heteroatoms. The molecule has 0 saturated carbocycles. The van der Waals surface area contributed by atoms with Gasteiger partial charge >= 0.3 is 0 Å². The predicted octanol–water partition coefficient (Wildman–Crippen LogP) is 4.37. The molecule has 0 aliphatic rings. The minimum Gasteiger partial charge on any atom is -0.298 e. The molecular formula is C18H15ClN2O. The molecule has 0 spiro atoms. The lowest BCUT2D eigenvalue weighted by atomic mass is 10.1. The maximum absolute atomic E-state index is 11.3. The highest BCUT2D eigenvalue weighted by atomic mass is 35.5. The van der Waals surface area contributed by atoms with Crippen LogP contribution in [0.3, 0.4) is 0 Å². The van der Waals surface area contributed by atoms with Crippen LogP contribution in [0.1, 0.15) is 21.5 Å². The van der Waals surface area contributed by atoms with Crippen LogP contribution in [0.25, 0.3) is 11.3 Å². The third-order valence-electron chi connectivity index (χ3n) is 3.53. The lowest BCUT2D eigenvalue weighted by Crippen LogP contribution is -2.00. The van der Waals surface area contributed by atoms with Gasteiger partial charge in [0.2, 0.25) is 0 Å². The van der Waals surface area contributed by atoms with Gasteiger partial charge in [-0.3, -0.25) is 9.48 Å². The number of halogens is 1. The smallest absolute Gasteiger partial charge is 0.153 e. The average Bonchev–Trinajstić information content (AvgIpc) is 2.93. The van der Waals surface area contributed by atoms with E-state index in [4.69, 9.17) is 11.6 Å². The molecule has 3 aromatic rings. The number of carbonyl (C=O) groups is 1. The molecule has 0 N–H and O–H groups in total. The Morgan fingerprint density at radius 3 is 2.55 bits per heavy atom. The number of carbonyl (C=O) groups excluding carboxylic acids is 1. The van der Waals surface area contributed by atoms with E-state index in [2.05, 4.69) is 5.10 Å². The number of aryl methyl sites for hydroxylation is 1. The van der Waals surface area contributed by atoms with Crippen molar-refractivity contribution in [3.63, 3.8) is 0 Å². The fourth-order valence-electron chi connectivity index (χ4n) is 2.34. The topological polar surface area (TPSA) is 34.9 Å². The summed E-state index contributed by atoms with van der Waals surface area (Å²) in [6.07, 6.45) is 2.59. The Bertz CT molecular complexity index is 806. The quantitative estimate of drug-likeness (QED) is 0.671. The minimum absolute atomic E-state index is 0.534. The van der Waals surface area contributed by atoms with Gasteiger partial charge in [0.1, 0.15) is 5.69 Å². The second-order valence-corrected chi connectivity index (χ2v) is 5.61. The van der Waals surface area contributed by atoms with Crippen molar-refractivity contribution in [2.24, 2.45) is 0 Å². The maximum Gasteiger partial charge on any atom is 0.153 e. The Hall–Kier alpha value is -2.39. The molecule has 3 rings (SSSR count). The Balaban J connectivity index is 1.96. The summed E-state index contributed by atoms with van der Waals surface area (Å²) in [4.78, 5) is 11.3. The molecule has 0 bridgehead atoms. The molecule has 1 heterocycles. The molecule has 22 heavy (non-hydrogen) atoms. The molecule has 0 saturated heterocycles. The first-order valence-electron chi connectivity index (χ1n) is 7.00. The van der Waals surface area contributed by atoms with Gasteiger partial charge < -0.3 is 0 Å². The van der Waals surface area contributed by atoms with Crippen molar-refractivity contribution in [2.75, 3.05) is 0 Å². The highest BCUT2D eigenvalue weighted by molar-refractivity contribution is 6.31. The Labute approximate surface area is 134 Å². The third-order valence-corrected chi connectivity index (χ3v) is 3.90. The summed E-state index contributed by atoms with van der Waals surface area (Å²) in [5.41, 5.74) is 4.36. The molecular weight excluding hydrogens is 296 g/mol. The van der Waals surface area contributed by atoms with Crippen LogP contribution in [0.15, 0.2) is 54.7 Å². The maximum atomic E-state index is 11.3. The van der Waals surface area contributed by atoms with Gasteiger partial charge in [-0.05, 0) is 18.6 Å². The van der Waals surface area contributed by atoms with Gasteiger partial charge in [0.25, 0.3) is 0 Å². The number of nitrogens with zero attached hydrogens (tertiary/aromatic N) is 2. The molecule has 2 aromatic carbocycles. The first-order chi connectivity index (χ1) is 10.7.